The van der Waals surface area contributed by atoms with Gasteiger partial charge in [-0.3, -0.25) is 4.90 Å². The summed E-state index contributed by atoms with van der Waals surface area (Å²) >= 11 is 0. The van der Waals surface area contributed by atoms with Gasteiger partial charge < -0.3 is 29.5 Å². The number of benzene rings is 2. The summed E-state index contributed by atoms with van der Waals surface area (Å²) in [5.74, 6) is 3.15. The highest BCUT2D eigenvalue weighted by Crippen LogP contribution is 2.49. The van der Waals surface area contributed by atoms with Crippen LogP contribution in [0.25, 0.3) is 0 Å². The Hall–Kier alpha value is -3.13. The highest BCUT2D eigenvalue weighted by molar-refractivity contribution is 5.75. The van der Waals surface area contributed by atoms with E-state index in [2.05, 4.69) is 29.3 Å². The zero-order valence-corrected chi connectivity index (χ0v) is 23.3. The van der Waals surface area contributed by atoms with Gasteiger partial charge in [0.1, 0.15) is 0 Å². The fourth-order valence-electron chi connectivity index (χ4n) is 7.07. The first-order chi connectivity index (χ1) is 18.4. The van der Waals surface area contributed by atoms with Gasteiger partial charge in [-0.25, -0.2) is 4.79 Å². The number of amides is 2. The second-order valence-corrected chi connectivity index (χ2v) is 10.8. The number of carbonyl (C=O) groups is 1. The van der Waals surface area contributed by atoms with Crippen molar-refractivity contribution in [3.63, 3.8) is 0 Å². The van der Waals surface area contributed by atoms with Crippen LogP contribution in [0.1, 0.15) is 60.5 Å². The summed E-state index contributed by atoms with van der Waals surface area (Å²) in [6.07, 6.45) is 4.73. The fraction of sp³-hybridized carbons (Fsp3) is 0.567. The van der Waals surface area contributed by atoms with Crippen molar-refractivity contribution >= 4 is 6.03 Å². The Labute approximate surface area is 225 Å². The summed E-state index contributed by atoms with van der Waals surface area (Å²) in [6, 6.07) is 8.26. The van der Waals surface area contributed by atoms with Crippen LogP contribution in [0.3, 0.4) is 0 Å². The molecule has 206 valence electrons. The minimum atomic E-state index is -0.0766. The molecule has 3 aliphatic rings. The summed E-state index contributed by atoms with van der Waals surface area (Å²) in [4.78, 5) is 17.6. The highest BCUT2D eigenvalue weighted by atomic mass is 16.5. The minimum absolute atomic E-state index is 0.0574. The Morgan fingerprint density at radius 1 is 0.947 bits per heavy atom. The van der Waals surface area contributed by atoms with Crippen molar-refractivity contribution in [2.24, 2.45) is 11.8 Å². The van der Waals surface area contributed by atoms with Crippen molar-refractivity contribution in [1.29, 1.82) is 0 Å². The summed E-state index contributed by atoms with van der Waals surface area (Å²) in [7, 11) is 6.65. The molecule has 2 N–H and O–H groups in total. The van der Waals surface area contributed by atoms with E-state index in [0.717, 1.165) is 61.4 Å². The first-order valence-corrected chi connectivity index (χ1v) is 13.8. The predicted molar refractivity (Wildman–Crippen MR) is 146 cm³/mol. The number of ether oxygens (including phenoxy) is 3. The van der Waals surface area contributed by atoms with E-state index in [0.29, 0.717) is 36.6 Å². The average molecular weight is 524 g/mol. The largest absolute Gasteiger partial charge is 0.504 e. The molecule has 3 aliphatic heterocycles. The minimum Gasteiger partial charge on any atom is -0.504 e. The van der Waals surface area contributed by atoms with E-state index in [1.807, 2.05) is 17.0 Å². The van der Waals surface area contributed by atoms with Gasteiger partial charge in [-0.2, -0.15) is 0 Å². The molecule has 4 unspecified atom stereocenters. The van der Waals surface area contributed by atoms with E-state index >= 15 is 0 Å². The van der Waals surface area contributed by atoms with Crippen molar-refractivity contribution in [2.75, 3.05) is 48.0 Å². The number of rotatable bonds is 6. The smallest absolute Gasteiger partial charge is 0.317 e. The van der Waals surface area contributed by atoms with Crippen LogP contribution >= 0.6 is 0 Å². The van der Waals surface area contributed by atoms with Gasteiger partial charge in [-0.05, 0) is 84.0 Å². The van der Waals surface area contributed by atoms with Gasteiger partial charge >= 0.3 is 6.03 Å². The van der Waals surface area contributed by atoms with E-state index in [1.165, 1.54) is 11.1 Å². The van der Waals surface area contributed by atoms with Crippen LogP contribution < -0.4 is 19.5 Å². The normalized spacial score (nSPS) is 24.6. The lowest BCUT2D eigenvalue weighted by Gasteiger charge is -2.49. The third kappa shape index (κ3) is 4.64. The van der Waals surface area contributed by atoms with Gasteiger partial charge in [0.25, 0.3) is 0 Å². The van der Waals surface area contributed by atoms with Crippen molar-refractivity contribution in [3.05, 3.63) is 46.5 Å². The molecule has 8 nitrogen and oxygen atoms in total. The molecule has 0 spiro atoms. The molecule has 4 atom stereocenters. The number of hydrogen-bond donors (Lipinski definition) is 2. The van der Waals surface area contributed by atoms with Crippen LogP contribution in [0.4, 0.5) is 4.79 Å². The molecule has 0 bridgehead atoms. The van der Waals surface area contributed by atoms with E-state index in [1.54, 1.807) is 28.4 Å². The molecule has 0 radical (unpaired) electrons. The molecule has 0 aromatic heterocycles. The van der Waals surface area contributed by atoms with Crippen LogP contribution in [-0.2, 0) is 12.8 Å². The Balaban J connectivity index is 1.50. The van der Waals surface area contributed by atoms with Gasteiger partial charge in [-0.1, -0.05) is 13.3 Å². The third-order valence-electron chi connectivity index (χ3n) is 9.10. The maximum Gasteiger partial charge on any atom is 0.317 e. The van der Waals surface area contributed by atoms with Crippen LogP contribution in [0, 0.1) is 11.8 Å². The standard InChI is InChI=1S/C30H41N3O5/c1-6-18-17-32-9-7-20-14-28(37-4)29(38-5)16-22(20)24(32)11-21(18)12-25-23-15-27(36-3)26(34)13-19(23)8-10-33(25)30(35)31-2/h13-16,18,21,24-25,34H,6-12,17H2,1-5H3,(H,31,35). The Morgan fingerprint density at radius 3 is 2.29 bits per heavy atom. The number of phenolic OH excluding ortho intramolecular Hbond substituents is 1. The predicted octanol–water partition coefficient (Wildman–Crippen LogP) is 4.69. The van der Waals surface area contributed by atoms with Crippen LogP contribution in [0.5, 0.6) is 23.0 Å². The molecule has 2 amide bonds. The number of methoxy groups -OCH3 is 3. The first kappa shape index (κ1) is 26.5. The zero-order valence-electron chi connectivity index (χ0n) is 23.3. The highest BCUT2D eigenvalue weighted by Gasteiger charge is 2.42. The number of nitrogens with one attached hydrogen (secondary N) is 1. The monoisotopic (exact) mass is 523 g/mol. The Kier molecular flexibility index (Phi) is 7.61. The van der Waals surface area contributed by atoms with Gasteiger partial charge in [-0.15, -0.1) is 0 Å². The third-order valence-corrected chi connectivity index (χ3v) is 9.10. The van der Waals surface area contributed by atoms with Gasteiger partial charge in [0.05, 0.1) is 27.4 Å². The first-order valence-electron chi connectivity index (χ1n) is 13.8. The number of piperidine rings is 1. The summed E-state index contributed by atoms with van der Waals surface area (Å²) in [6.45, 7) is 5.01. The number of phenols is 1. The molecule has 3 heterocycles. The van der Waals surface area contributed by atoms with E-state index < -0.39 is 0 Å². The Bertz CT molecular complexity index is 1180. The SMILES string of the molecule is CCC1CN2CCc3cc(OC)c(OC)cc3C2CC1CC1c2cc(OC)c(O)cc2CCN1C(=O)NC. The molecule has 0 saturated carbocycles. The number of aromatic hydroxyl groups is 1. The van der Waals surface area contributed by atoms with E-state index in [9.17, 15) is 9.90 Å². The van der Waals surface area contributed by atoms with Crippen LogP contribution in [0.2, 0.25) is 0 Å². The summed E-state index contributed by atoms with van der Waals surface area (Å²) < 4.78 is 16.7. The zero-order chi connectivity index (χ0) is 27.0. The lowest BCUT2D eigenvalue weighted by Crippen LogP contribution is -2.48. The van der Waals surface area contributed by atoms with Crippen LogP contribution in [0.15, 0.2) is 24.3 Å². The van der Waals surface area contributed by atoms with Crippen LogP contribution in [-0.4, -0.2) is 68.9 Å². The van der Waals surface area contributed by atoms with Crippen molar-refractivity contribution in [1.82, 2.24) is 15.1 Å². The maximum atomic E-state index is 13.0. The van der Waals surface area contributed by atoms with Crippen molar-refractivity contribution in [3.8, 4) is 23.0 Å². The van der Waals surface area contributed by atoms with E-state index in [-0.39, 0.29) is 17.8 Å². The quantitative estimate of drug-likeness (QED) is 0.572. The topological polar surface area (TPSA) is 83.5 Å². The second kappa shape index (κ2) is 10.9. The molecule has 2 aromatic carbocycles. The summed E-state index contributed by atoms with van der Waals surface area (Å²) in [5.41, 5.74) is 4.86. The van der Waals surface area contributed by atoms with Gasteiger partial charge in [0, 0.05) is 32.7 Å². The Morgan fingerprint density at radius 2 is 1.61 bits per heavy atom. The second-order valence-electron chi connectivity index (χ2n) is 10.8. The lowest BCUT2D eigenvalue weighted by molar-refractivity contribution is 0.0352. The maximum absolute atomic E-state index is 13.0. The van der Waals surface area contributed by atoms with Gasteiger partial charge in [0.15, 0.2) is 23.0 Å². The summed E-state index contributed by atoms with van der Waals surface area (Å²) in [5, 5.41) is 13.3. The molecule has 1 saturated heterocycles. The molecular formula is C30H41N3O5. The molecule has 38 heavy (non-hydrogen) atoms. The average Bonchev–Trinajstić information content (AvgIpc) is 2.95. The van der Waals surface area contributed by atoms with E-state index in [4.69, 9.17) is 14.2 Å². The molecule has 0 aliphatic carbocycles. The molecular weight excluding hydrogens is 482 g/mol. The molecule has 1 fully saturated rings. The molecule has 2 aromatic rings. The number of nitrogens with zero attached hydrogens (tertiary/aromatic N) is 2. The number of fused-ring (bicyclic) bond motifs is 4. The van der Waals surface area contributed by atoms with Crippen molar-refractivity contribution in [2.45, 2.75) is 51.1 Å². The molecule has 8 heteroatoms. The number of carbonyl (C=O) groups excluding carboxylic acids is 1. The molecule has 5 rings (SSSR count). The number of hydrogen-bond acceptors (Lipinski definition) is 6. The van der Waals surface area contributed by atoms with Gasteiger partial charge in [0.2, 0.25) is 0 Å². The number of urea groups is 1. The fourth-order valence-corrected chi connectivity index (χ4v) is 7.07. The van der Waals surface area contributed by atoms with Crippen molar-refractivity contribution < 1.29 is 24.1 Å². The lowest BCUT2D eigenvalue weighted by atomic mass is 9.72.